The number of nitrogens with zero attached hydrogens (tertiary/aromatic N) is 3. The number of carbonyl (C=O) groups is 3. The van der Waals surface area contributed by atoms with E-state index in [1.165, 1.54) is 19.2 Å². The van der Waals surface area contributed by atoms with Gasteiger partial charge in [-0.15, -0.1) is 0 Å². The third-order valence-corrected chi connectivity index (χ3v) is 7.71. The summed E-state index contributed by atoms with van der Waals surface area (Å²) in [5.41, 5.74) is 1.85. The Balaban J connectivity index is 1.46. The van der Waals surface area contributed by atoms with Gasteiger partial charge in [0.25, 0.3) is 5.69 Å². The molecule has 3 aliphatic heterocycles. The Morgan fingerprint density at radius 2 is 1.74 bits per heavy atom. The second kappa shape index (κ2) is 9.25. The first-order valence-corrected chi connectivity index (χ1v) is 12.5. The van der Waals surface area contributed by atoms with E-state index in [2.05, 4.69) is 5.32 Å². The lowest BCUT2D eigenvalue weighted by Crippen LogP contribution is -2.46. The van der Waals surface area contributed by atoms with Gasteiger partial charge in [0.2, 0.25) is 17.7 Å². The number of nitrogens with one attached hydrogen (secondary N) is 1. The number of rotatable bonds is 5. The highest BCUT2D eigenvalue weighted by atomic mass is 35.5. The molecular weight excluding hydrogens is 524 g/mol. The monoisotopic (exact) mass is 544 g/mol. The van der Waals surface area contributed by atoms with E-state index in [1.807, 2.05) is 30.3 Å². The number of benzene rings is 3. The number of halogens is 1. The fourth-order valence-electron chi connectivity index (χ4n) is 5.81. The standard InChI is InChI=1S/C28H21ClN4O6/c1-39-21-11-10-18(33(37)38)14-20(21)32-27(35)22-23(28(32)36)25(26(34)30-17-8-6-16(29)7-9-17)31-13-12-15-4-2-3-5-19(15)24(22)31/h2-14,22-25H,1H3,(H,30,34)/t22-,23+,24-,25-/m0/s1. The molecule has 0 unspecified atom stereocenters. The Bertz CT molecular complexity index is 1570. The summed E-state index contributed by atoms with van der Waals surface area (Å²) in [5, 5.41) is 14.8. The predicted octanol–water partition coefficient (Wildman–Crippen LogP) is 4.41. The Morgan fingerprint density at radius 1 is 1.03 bits per heavy atom. The largest absolute Gasteiger partial charge is 0.495 e. The molecule has 3 amide bonds. The van der Waals surface area contributed by atoms with Crippen molar-refractivity contribution < 1.29 is 24.0 Å². The summed E-state index contributed by atoms with van der Waals surface area (Å²) >= 11 is 5.98. The first kappa shape index (κ1) is 24.6. The average Bonchev–Trinajstić information content (AvgIpc) is 3.41. The molecule has 0 aromatic heterocycles. The number of non-ortho nitro benzene ring substituents is 1. The van der Waals surface area contributed by atoms with Gasteiger partial charge in [-0.2, -0.15) is 0 Å². The first-order chi connectivity index (χ1) is 18.8. The number of methoxy groups -OCH3 is 1. The van der Waals surface area contributed by atoms with Crippen LogP contribution >= 0.6 is 11.6 Å². The maximum absolute atomic E-state index is 14.1. The second-order valence-electron chi connectivity index (χ2n) is 9.45. The minimum Gasteiger partial charge on any atom is -0.495 e. The predicted molar refractivity (Wildman–Crippen MR) is 143 cm³/mol. The highest BCUT2D eigenvalue weighted by Crippen LogP contribution is 2.54. The summed E-state index contributed by atoms with van der Waals surface area (Å²) in [6, 6.07) is 16.2. The first-order valence-electron chi connectivity index (χ1n) is 12.1. The van der Waals surface area contributed by atoms with Gasteiger partial charge in [0.15, 0.2) is 0 Å². The third-order valence-electron chi connectivity index (χ3n) is 7.46. The molecule has 2 saturated heterocycles. The number of imide groups is 1. The second-order valence-corrected chi connectivity index (χ2v) is 9.89. The van der Waals surface area contributed by atoms with E-state index < -0.39 is 46.6 Å². The van der Waals surface area contributed by atoms with Crippen LogP contribution < -0.4 is 15.0 Å². The van der Waals surface area contributed by atoms with Crippen LogP contribution in [0.2, 0.25) is 5.02 Å². The highest BCUT2D eigenvalue weighted by molar-refractivity contribution is 6.30. The van der Waals surface area contributed by atoms with E-state index in [9.17, 15) is 24.5 Å². The maximum Gasteiger partial charge on any atom is 0.271 e. The van der Waals surface area contributed by atoms with E-state index in [0.29, 0.717) is 10.7 Å². The molecule has 2 fully saturated rings. The molecule has 0 spiro atoms. The molecule has 0 bridgehead atoms. The molecule has 11 heteroatoms. The van der Waals surface area contributed by atoms with Crippen molar-refractivity contribution in [2.24, 2.45) is 11.8 Å². The van der Waals surface area contributed by atoms with E-state index >= 15 is 0 Å². The highest BCUT2D eigenvalue weighted by Gasteiger charge is 2.65. The SMILES string of the molecule is COc1ccc([N+](=O)[O-])cc1N1C(=O)[C@@H]2[C@H](C1=O)[C@@H]1c3ccccc3C=CN1[C@@H]2C(=O)Nc1ccc(Cl)cc1. The Hall–Kier alpha value is -4.70. The molecule has 1 N–H and O–H groups in total. The number of nitro groups is 1. The molecule has 39 heavy (non-hydrogen) atoms. The molecule has 10 nitrogen and oxygen atoms in total. The molecule has 0 radical (unpaired) electrons. The smallest absolute Gasteiger partial charge is 0.271 e. The maximum atomic E-state index is 14.1. The van der Waals surface area contributed by atoms with Crippen molar-refractivity contribution in [3.63, 3.8) is 0 Å². The Labute approximate surface area is 227 Å². The minimum absolute atomic E-state index is 0.0286. The lowest BCUT2D eigenvalue weighted by Gasteiger charge is -2.35. The summed E-state index contributed by atoms with van der Waals surface area (Å²) in [6.45, 7) is 0. The third kappa shape index (κ3) is 3.83. The number of nitro benzene ring substituents is 1. The van der Waals surface area contributed by atoms with Gasteiger partial charge in [0.05, 0.1) is 29.9 Å². The van der Waals surface area contributed by atoms with E-state index in [-0.39, 0.29) is 17.1 Å². The Kier molecular flexibility index (Phi) is 5.84. The number of ether oxygens (including phenoxy) is 1. The zero-order chi connectivity index (χ0) is 27.4. The van der Waals surface area contributed by atoms with E-state index in [0.717, 1.165) is 22.1 Å². The topological polar surface area (TPSA) is 122 Å². The lowest BCUT2D eigenvalue weighted by atomic mass is 9.84. The van der Waals surface area contributed by atoms with Gasteiger partial charge in [-0.25, -0.2) is 4.90 Å². The Morgan fingerprint density at radius 3 is 2.46 bits per heavy atom. The van der Waals surface area contributed by atoms with Gasteiger partial charge in [-0.3, -0.25) is 24.5 Å². The summed E-state index contributed by atoms with van der Waals surface area (Å²) in [4.78, 5) is 55.4. The molecule has 0 aliphatic carbocycles. The number of fused-ring (bicyclic) bond motifs is 5. The molecule has 196 valence electrons. The van der Waals surface area contributed by atoms with Crippen molar-refractivity contribution in [3.05, 3.63) is 99.2 Å². The van der Waals surface area contributed by atoms with Crippen LogP contribution in [0.15, 0.2) is 72.9 Å². The minimum atomic E-state index is -1.05. The number of hydrogen-bond donors (Lipinski definition) is 1. The molecule has 3 aliphatic rings. The summed E-state index contributed by atoms with van der Waals surface area (Å²) in [6.07, 6.45) is 3.60. The van der Waals surface area contributed by atoms with Gasteiger partial charge in [-0.05, 0) is 47.5 Å². The fourth-order valence-corrected chi connectivity index (χ4v) is 5.94. The molecule has 6 rings (SSSR count). The number of carbonyl (C=O) groups excluding carboxylic acids is 3. The molecule has 3 heterocycles. The van der Waals surface area contributed by atoms with Crippen LogP contribution in [0, 0.1) is 22.0 Å². The zero-order valence-corrected chi connectivity index (χ0v) is 21.2. The molecule has 3 aromatic rings. The van der Waals surface area contributed by atoms with Crippen LogP contribution in [0.3, 0.4) is 0 Å². The van der Waals surface area contributed by atoms with E-state index in [1.54, 1.807) is 35.4 Å². The van der Waals surface area contributed by atoms with Crippen LogP contribution in [-0.4, -0.2) is 40.7 Å². The van der Waals surface area contributed by atoms with Crippen LogP contribution in [0.1, 0.15) is 17.2 Å². The zero-order valence-electron chi connectivity index (χ0n) is 20.5. The van der Waals surface area contributed by atoms with Gasteiger partial charge in [-0.1, -0.05) is 35.9 Å². The number of anilines is 2. The molecule has 4 atom stereocenters. The van der Waals surface area contributed by atoms with Gasteiger partial charge in [0, 0.05) is 29.0 Å². The van der Waals surface area contributed by atoms with Crippen molar-refractivity contribution >= 4 is 52.5 Å². The molecule has 3 aromatic carbocycles. The van der Waals surface area contributed by atoms with Crippen LogP contribution in [0.5, 0.6) is 5.75 Å². The van der Waals surface area contributed by atoms with Crippen molar-refractivity contribution in [2.45, 2.75) is 12.1 Å². The summed E-state index contributed by atoms with van der Waals surface area (Å²) in [7, 11) is 1.35. The van der Waals surface area contributed by atoms with E-state index in [4.69, 9.17) is 16.3 Å². The fraction of sp³-hybridized carbons (Fsp3) is 0.179. The average molecular weight is 545 g/mol. The van der Waals surface area contributed by atoms with Crippen LogP contribution in [0.4, 0.5) is 17.1 Å². The van der Waals surface area contributed by atoms with Crippen LogP contribution in [-0.2, 0) is 14.4 Å². The van der Waals surface area contributed by atoms with Gasteiger partial charge >= 0.3 is 0 Å². The van der Waals surface area contributed by atoms with Crippen molar-refractivity contribution in [1.29, 1.82) is 0 Å². The van der Waals surface area contributed by atoms with Crippen molar-refractivity contribution in [3.8, 4) is 5.75 Å². The normalized spacial score (nSPS) is 22.8. The van der Waals surface area contributed by atoms with Gasteiger partial charge < -0.3 is 15.0 Å². The summed E-state index contributed by atoms with van der Waals surface area (Å²) in [5.74, 6) is -3.47. The number of hydrogen-bond acceptors (Lipinski definition) is 7. The van der Waals surface area contributed by atoms with Gasteiger partial charge in [0.1, 0.15) is 17.5 Å². The summed E-state index contributed by atoms with van der Waals surface area (Å²) < 4.78 is 5.36. The quantitative estimate of drug-likeness (QED) is 0.287. The number of amides is 3. The van der Waals surface area contributed by atoms with Crippen LogP contribution in [0.25, 0.3) is 6.08 Å². The van der Waals surface area contributed by atoms with Crippen molar-refractivity contribution in [2.75, 3.05) is 17.3 Å². The molecule has 0 saturated carbocycles. The van der Waals surface area contributed by atoms with Crippen molar-refractivity contribution in [1.82, 2.24) is 4.90 Å². The molecular formula is C28H21ClN4O6. The lowest BCUT2D eigenvalue weighted by molar-refractivity contribution is -0.384.